The molecule has 3 rings (SSSR count). The normalized spacial score (nSPS) is 26.5. The molecule has 0 bridgehead atoms. The first-order valence-electron chi connectivity index (χ1n) is 12.0. The summed E-state index contributed by atoms with van der Waals surface area (Å²) in [6.45, 7) is 14.6. The number of ketones is 1. The third-order valence-electron chi connectivity index (χ3n) is 8.39. The van der Waals surface area contributed by atoms with E-state index in [2.05, 4.69) is 58.9 Å². The minimum atomic E-state index is -1.28. The Morgan fingerprint density at radius 2 is 1.47 bits per heavy atom. The lowest BCUT2D eigenvalue weighted by molar-refractivity contribution is -0.155. The molecule has 3 atom stereocenters. The van der Waals surface area contributed by atoms with Crippen LogP contribution in [0.2, 0.25) is 0 Å². The van der Waals surface area contributed by atoms with Crippen LogP contribution < -0.4 is 0 Å². The van der Waals surface area contributed by atoms with Crippen molar-refractivity contribution in [2.45, 2.75) is 78.7 Å². The van der Waals surface area contributed by atoms with Crippen LogP contribution >= 0.6 is 0 Å². The Kier molecular flexibility index (Phi) is 6.60. The summed E-state index contributed by atoms with van der Waals surface area (Å²) in [7, 11) is 0. The maximum absolute atomic E-state index is 14.3. The van der Waals surface area contributed by atoms with E-state index in [1.807, 2.05) is 56.3 Å². The van der Waals surface area contributed by atoms with Gasteiger partial charge in [-0.1, -0.05) is 109 Å². The van der Waals surface area contributed by atoms with Crippen LogP contribution in [-0.4, -0.2) is 16.5 Å². The standard InChI is InChI=1S/C30H40O2/c1-8-27(3,4)26(31)25-29(7,24-18-14-11-15-19-24)20-23(22-16-12-10-13-17-22)21-30(25,32)28(5,6)9-2/h10-19,21,25,32H,8-9,20H2,1-7H3/t25-,29+,30+/m0/s1. The van der Waals surface area contributed by atoms with Gasteiger partial charge in [0.1, 0.15) is 5.78 Å². The predicted octanol–water partition coefficient (Wildman–Crippen LogP) is 7.22. The summed E-state index contributed by atoms with van der Waals surface area (Å²) in [6, 6.07) is 20.6. The number of hydrogen-bond donors (Lipinski definition) is 1. The number of hydrogen-bond acceptors (Lipinski definition) is 2. The van der Waals surface area contributed by atoms with Crippen molar-refractivity contribution in [2.24, 2.45) is 16.7 Å². The van der Waals surface area contributed by atoms with Crippen molar-refractivity contribution < 1.29 is 9.90 Å². The second-order valence-corrected chi connectivity index (χ2v) is 11.1. The molecule has 0 heterocycles. The fourth-order valence-electron chi connectivity index (χ4n) is 5.23. The van der Waals surface area contributed by atoms with E-state index in [0.29, 0.717) is 6.42 Å². The van der Waals surface area contributed by atoms with Crippen molar-refractivity contribution in [2.75, 3.05) is 0 Å². The van der Waals surface area contributed by atoms with Crippen LogP contribution in [0.4, 0.5) is 0 Å². The molecule has 0 saturated heterocycles. The molecule has 0 aromatic heterocycles. The molecule has 2 aromatic rings. The van der Waals surface area contributed by atoms with Crippen LogP contribution in [0.3, 0.4) is 0 Å². The van der Waals surface area contributed by atoms with E-state index in [9.17, 15) is 9.90 Å². The van der Waals surface area contributed by atoms with Gasteiger partial charge in [0.05, 0.1) is 11.5 Å². The molecule has 1 N–H and O–H groups in total. The van der Waals surface area contributed by atoms with Gasteiger partial charge in [0.25, 0.3) is 0 Å². The van der Waals surface area contributed by atoms with Crippen molar-refractivity contribution in [1.29, 1.82) is 0 Å². The van der Waals surface area contributed by atoms with Gasteiger partial charge in [-0.3, -0.25) is 4.79 Å². The maximum Gasteiger partial charge on any atom is 0.145 e. The van der Waals surface area contributed by atoms with Crippen LogP contribution in [0.25, 0.3) is 5.57 Å². The van der Waals surface area contributed by atoms with E-state index in [0.717, 1.165) is 29.5 Å². The largest absolute Gasteiger partial charge is 0.384 e. The monoisotopic (exact) mass is 432 g/mol. The van der Waals surface area contributed by atoms with Crippen molar-refractivity contribution in [3.63, 3.8) is 0 Å². The molecule has 1 aliphatic carbocycles. The van der Waals surface area contributed by atoms with E-state index in [1.165, 1.54) is 0 Å². The molecule has 0 radical (unpaired) electrons. The highest BCUT2D eigenvalue weighted by Gasteiger charge is 2.61. The van der Waals surface area contributed by atoms with Gasteiger partial charge in [0.2, 0.25) is 0 Å². The molecule has 1 aliphatic rings. The molecule has 0 unspecified atom stereocenters. The second-order valence-electron chi connectivity index (χ2n) is 11.1. The first-order chi connectivity index (χ1) is 14.9. The van der Waals surface area contributed by atoms with Gasteiger partial charge in [0, 0.05) is 10.8 Å². The van der Waals surface area contributed by atoms with Crippen LogP contribution in [-0.2, 0) is 10.2 Å². The molecular formula is C30H40O2. The lowest BCUT2D eigenvalue weighted by Crippen LogP contribution is -2.62. The molecule has 172 valence electrons. The first kappa shape index (κ1) is 24.5. The zero-order valence-corrected chi connectivity index (χ0v) is 20.9. The second kappa shape index (κ2) is 8.63. The van der Waals surface area contributed by atoms with Crippen LogP contribution in [0.1, 0.15) is 78.9 Å². The Hall–Kier alpha value is -2.19. The topological polar surface area (TPSA) is 37.3 Å². The van der Waals surface area contributed by atoms with Crippen molar-refractivity contribution in [1.82, 2.24) is 0 Å². The lowest BCUT2D eigenvalue weighted by Gasteiger charge is -2.56. The van der Waals surface area contributed by atoms with Crippen LogP contribution in [0, 0.1) is 16.7 Å². The number of carbonyl (C=O) groups excluding carboxylic acids is 1. The molecule has 32 heavy (non-hydrogen) atoms. The minimum absolute atomic E-state index is 0.152. The van der Waals surface area contributed by atoms with Crippen molar-refractivity contribution >= 4 is 11.4 Å². The number of Topliss-reactive ketones (excluding diaryl/α,β-unsaturated/α-hetero) is 1. The predicted molar refractivity (Wildman–Crippen MR) is 134 cm³/mol. The number of allylic oxidation sites excluding steroid dienone is 1. The summed E-state index contributed by atoms with van der Waals surface area (Å²) in [5.74, 6) is -0.395. The summed E-state index contributed by atoms with van der Waals surface area (Å²) in [6.07, 6.45) is 4.25. The van der Waals surface area contributed by atoms with Gasteiger partial charge >= 0.3 is 0 Å². The molecule has 0 aliphatic heterocycles. The van der Waals surface area contributed by atoms with E-state index in [1.54, 1.807) is 0 Å². The molecule has 0 amide bonds. The number of carbonyl (C=O) groups is 1. The fourth-order valence-corrected chi connectivity index (χ4v) is 5.23. The van der Waals surface area contributed by atoms with Gasteiger partial charge in [-0.15, -0.1) is 0 Å². The Bertz CT molecular complexity index is 970. The fraction of sp³-hybridized carbons (Fsp3) is 0.500. The van der Waals surface area contributed by atoms with E-state index < -0.39 is 27.8 Å². The van der Waals surface area contributed by atoms with E-state index in [-0.39, 0.29) is 5.78 Å². The third-order valence-corrected chi connectivity index (χ3v) is 8.39. The van der Waals surface area contributed by atoms with Crippen molar-refractivity contribution in [3.8, 4) is 0 Å². The molecule has 2 heteroatoms. The molecule has 0 saturated carbocycles. The Morgan fingerprint density at radius 3 is 1.97 bits per heavy atom. The smallest absolute Gasteiger partial charge is 0.145 e. The minimum Gasteiger partial charge on any atom is -0.384 e. The highest BCUT2D eigenvalue weighted by atomic mass is 16.3. The highest BCUT2D eigenvalue weighted by Crippen LogP contribution is 2.57. The Balaban J connectivity index is 2.37. The average molecular weight is 433 g/mol. The first-order valence-corrected chi connectivity index (χ1v) is 12.0. The number of aliphatic hydroxyl groups is 1. The zero-order chi connectivity index (χ0) is 23.8. The van der Waals surface area contributed by atoms with Gasteiger partial charge < -0.3 is 5.11 Å². The molecule has 0 fully saturated rings. The summed E-state index contributed by atoms with van der Waals surface area (Å²) in [4.78, 5) is 14.3. The Morgan fingerprint density at radius 1 is 0.938 bits per heavy atom. The van der Waals surface area contributed by atoms with Gasteiger partial charge in [-0.2, -0.15) is 0 Å². The lowest BCUT2D eigenvalue weighted by atomic mass is 9.49. The van der Waals surface area contributed by atoms with E-state index >= 15 is 0 Å². The molecule has 2 aromatic carbocycles. The van der Waals surface area contributed by atoms with Gasteiger partial charge in [-0.25, -0.2) is 0 Å². The molecular weight excluding hydrogens is 392 g/mol. The highest BCUT2D eigenvalue weighted by molar-refractivity contribution is 5.91. The van der Waals surface area contributed by atoms with Crippen LogP contribution in [0.15, 0.2) is 66.7 Å². The molecule has 0 spiro atoms. The summed E-state index contributed by atoms with van der Waals surface area (Å²) in [5.41, 5.74) is 0.521. The SMILES string of the molecule is CCC(C)(C)C(=O)[C@@H]1[C@@](O)(C(C)(C)CC)C=C(c2ccccc2)C[C@]1(C)c1ccccc1. The average Bonchev–Trinajstić information content (AvgIpc) is 2.79. The van der Waals surface area contributed by atoms with E-state index in [4.69, 9.17) is 0 Å². The van der Waals surface area contributed by atoms with Crippen LogP contribution in [0.5, 0.6) is 0 Å². The number of benzene rings is 2. The zero-order valence-electron chi connectivity index (χ0n) is 20.9. The quantitative estimate of drug-likeness (QED) is 0.501. The van der Waals surface area contributed by atoms with Gasteiger partial charge in [0.15, 0.2) is 0 Å². The summed E-state index contributed by atoms with van der Waals surface area (Å²) < 4.78 is 0. The van der Waals surface area contributed by atoms with Gasteiger partial charge in [-0.05, 0) is 47.5 Å². The van der Waals surface area contributed by atoms with Crippen molar-refractivity contribution in [3.05, 3.63) is 77.9 Å². The summed E-state index contributed by atoms with van der Waals surface area (Å²) >= 11 is 0. The Labute approximate surface area is 194 Å². The maximum atomic E-state index is 14.3. The number of rotatable bonds is 7. The summed E-state index contributed by atoms with van der Waals surface area (Å²) in [5, 5.41) is 12.6. The third kappa shape index (κ3) is 3.99. The molecule has 2 nitrogen and oxygen atoms in total.